The number of halogens is 2. The minimum atomic E-state index is -3.00. The molecule has 1 aliphatic heterocycles. The number of aromatic carboxylic acids is 1. The third kappa shape index (κ3) is 3.08. The fourth-order valence-electron chi connectivity index (χ4n) is 3.91. The second kappa shape index (κ2) is 6.43. The highest BCUT2D eigenvalue weighted by Crippen LogP contribution is 2.47. The molecule has 1 atom stereocenters. The van der Waals surface area contributed by atoms with E-state index in [4.69, 9.17) is 4.42 Å². The molecule has 4 rings (SSSR count). The van der Waals surface area contributed by atoms with Crippen molar-refractivity contribution in [1.82, 2.24) is 4.57 Å². The van der Waals surface area contributed by atoms with Crippen LogP contribution in [0.5, 0.6) is 5.75 Å². The van der Waals surface area contributed by atoms with E-state index in [0.29, 0.717) is 23.3 Å². The summed E-state index contributed by atoms with van der Waals surface area (Å²) < 4.78 is 37.8. The van der Waals surface area contributed by atoms with Crippen LogP contribution >= 0.6 is 0 Å². The van der Waals surface area contributed by atoms with Crippen LogP contribution < -0.4 is 10.2 Å². The van der Waals surface area contributed by atoms with Gasteiger partial charge in [-0.05, 0) is 17.9 Å². The SMILES string of the molecule is CC(C)(C)[C@@H]1Cc2c(oc3c(OC(F)F)cccc23)-c2cc(=O)c(C(=O)O)cn21. The number of ether oxygens (including phenoxy) is 1. The Bertz CT molecular complexity index is 1190. The highest BCUT2D eigenvalue weighted by Gasteiger charge is 2.36. The molecule has 0 aliphatic carbocycles. The van der Waals surface area contributed by atoms with Crippen LogP contribution in [-0.2, 0) is 6.42 Å². The third-order valence-corrected chi connectivity index (χ3v) is 5.27. The Balaban J connectivity index is 2.03. The second-order valence-electron chi connectivity index (χ2n) is 8.16. The van der Waals surface area contributed by atoms with E-state index in [0.717, 1.165) is 5.56 Å². The molecule has 6 nitrogen and oxygen atoms in total. The molecule has 2 aromatic heterocycles. The number of furan rings is 1. The van der Waals surface area contributed by atoms with Gasteiger partial charge in [-0.25, -0.2) is 4.79 Å². The van der Waals surface area contributed by atoms with Crippen LogP contribution in [-0.4, -0.2) is 22.3 Å². The molecule has 3 aromatic rings. The van der Waals surface area contributed by atoms with E-state index in [1.165, 1.54) is 18.3 Å². The third-order valence-electron chi connectivity index (χ3n) is 5.27. The van der Waals surface area contributed by atoms with Gasteiger partial charge < -0.3 is 18.8 Å². The van der Waals surface area contributed by atoms with Crippen LogP contribution in [0.25, 0.3) is 22.4 Å². The number of benzene rings is 1. The molecule has 152 valence electrons. The van der Waals surface area contributed by atoms with Crippen molar-refractivity contribution in [2.24, 2.45) is 5.41 Å². The zero-order valence-electron chi connectivity index (χ0n) is 16.0. The molecular weight excluding hydrogens is 384 g/mol. The lowest BCUT2D eigenvalue weighted by Gasteiger charge is -2.37. The average Bonchev–Trinajstić information content (AvgIpc) is 2.99. The van der Waals surface area contributed by atoms with Crippen LogP contribution in [0.3, 0.4) is 0 Å². The fourth-order valence-corrected chi connectivity index (χ4v) is 3.91. The van der Waals surface area contributed by atoms with E-state index in [-0.39, 0.29) is 28.4 Å². The maximum Gasteiger partial charge on any atom is 0.387 e. The predicted molar refractivity (Wildman–Crippen MR) is 102 cm³/mol. The molecule has 0 saturated heterocycles. The smallest absolute Gasteiger partial charge is 0.387 e. The highest BCUT2D eigenvalue weighted by atomic mass is 19.3. The molecule has 0 radical (unpaired) electrons. The van der Waals surface area contributed by atoms with Gasteiger partial charge in [0.25, 0.3) is 0 Å². The van der Waals surface area contributed by atoms with Gasteiger partial charge in [-0.2, -0.15) is 8.78 Å². The standard InChI is InChI=1S/C21H19F2NO5/c1-21(2,3)16-7-11-10-5-4-6-15(28-20(22)23)18(10)29-17(11)13-8-14(25)12(19(26)27)9-24(13)16/h4-6,8-9,16,20H,7H2,1-3H3,(H,26,27)/t16-/m0/s1. The first-order chi connectivity index (χ1) is 13.6. The lowest BCUT2D eigenvalue weighted by atomic mass is 9.80. The van der Waals surface area contributed by atoms with Crippen molar-refractivity contribution >= 4 is 16.9 Å². The molecule has 3 heterocycles. The van der Waals surface area contributed by atoms with Crippen molar-refractivity contribution in [3.63, 3.8) is 0 Å². The van der Waals surface area contributed by atoms with E-state index in [1.807, 2.05) is 20.8 Å². The maximum atomic E-state index is 12.8. The molecule has 1 aliphatic rings. The number of carboxylic acid groups (broad SMARTS) is 1. The summed E-state index contributed by atoms with van der Waals surface area (Å²) in [5.41, 5.74) is 0.118. The van der Waals surface area contributed by atoms with Gasteiger partial charge >= 0.3 is 12.6 Å². The van der Waals surface area contributed by atoms with E-state index in [9.17, 15) is 23.5 Å². The first kappa shape index (κ1) is 19.2. The van der Waals surface area contributed by atoms with E-state index >= 15 is 0 Å². The Hall–Kier alpha value is -3.16. The number of rotatable bonds is 3. The first-order valence-electron chi connectivity index (χ1n) is 9.07. The molecule has 0 saturated carbocycles. The van der Waals surface area contributed by atoms with Gasteiger partial charge in [-0.1, -0.05) is 32.9 Å². The molecule has 1 aromatic carbocycles. The Labute approximate surface area is 164 Å². The largest absolute Gasteiger partial charge is 0.477 e. The zero-order valence-corrected chi connectivity index (χ0v) is 16.0. The van der Waals surface area contributed by atoms with Gasteiger partial charge in [-0.3, -0.25) is 4.79 Å². The number of nitrogens with zero attached hydrogens (tertiary/aromatic N) is 1. The average molecular weight is 403 g/mol. The van der Waals surface area contributed by atoms with Crippen molar-refractivity contribution in [1.29, 1.82) is 0 Å². The summed E-state index contributed by atoms with van der Waals surface area (Å²) in [6.07, 6.45) is 1.82. The molecule has 0 spiro atoms. The van der Waals surface area contributed by atoms with Crippen LogP contribution in [0.2, 0.25) is 0 Å². The Morgan fingerprint density at radius 2 is 2.07 bits per heavy atom. The maximum absolute atomic E-state index is 12.8. The Kier molecular flexibility index (Phi) is 4.25. The summed E-state index contributed by atoms with van der Waals surface area (Å²) in [5.74, 6) is -1.03. The lowest BCUT2D eigenvalue weighted by molar-refractivity contribution is -0.0493. The van der Waals surface area contributed by atoms with Crippen LogP contribution in [0.15, 0.2) is 39.7 Å². The Morgan fingerprint density at radius 3 is 2.69 bits per heavy atom. The molecule has 8 heteroatoms. The fraction of sp³-hybridized carbons (Fsp3) is 0.333. The van der Waals surface area contributed by atoms with Gasteiger partial charge in [0.15, 0.2) is 22.5 Å². The highest BCUT2D eigenvalue weighted by molar-refractivity contribution is 5.92. The van der Waals surface area contributed by atoms with Gasteiger partial charge in [-0.15, -0.1) is 0 Å². The molecule has 0 bridgehead atoms. The van der Waals surface area contributed by atoms with Gasteiger partial charge in [0, 0.05) is 29.3 Å². The number of pyridine rings is 1. The summed E-state index contributed by atoms with van der Waals surface area (Å²) in [6, 6.07) is 5.82. The molecule has 29 heavy (non-hydrogen) atoms. The monoisotopic (exact) mass is 403 g/mol. The zero-order chi connectivity index (χ0) is 21.1. The van der Waals surface area contributed by atoms with E-state index < -0.39 is 18.0 Å². The minimum absolute atomic E-state index is 0.0877. The number of hydrogen-bond acceptors (Lipinski definition) is 4. The van der Waals surface area contributed by atoms with Crippen molar-refractivity contribution in [2.75, 3.05) is 0 Å². The number of carbonyl (C=O) groups is 1. The topological polar surface area (TPSA) is 81.7 Å². The normalized spacial score (nSPS) is 16.0. The number of fused-ring (bicyclic) bond motifs is 5. The minimum Gasteiger partial charge on any atom is -0.477 e. The summed E-state index contributed by atoms with van der Waals surface area (Å²) in [5, 5.41) is 9.99. The molecule has 0 fully saturated rings. The Morgan fingerprint density at radius 1 is 1.34 bits per heavy atom. The van der Waals surface area contributed by atoms with E-state index in [2.05, 4.69) is 4.74 Å². The number of hydrogen-bond donors (Lipinski definition) is 1. The van der Waals surface area contributed by atoms with Crippen LogP contribution in [0.4, 0.5) is 8.78 Å². The van der Waals surface area contributed by atoms with Crippen molar-refractivity contribution in [3.05, 3.63) is 51.8 Å². The number of para-hydroxylation sites is 1. The van der Waals surface area contributed by atoms with Gasteiger partial charge in [0.1, 0.15) is 5.56 Å². The number of carboxylic acids is 1. The van der Waals surface area contributed by atoms with Crippen LogP contribution in [0.1, 0.15) is 42.7 Å². The van der Waals surface area contributed by atoms with Crippen molar-refractivity contribution in [3.8, 4) is 17.2 Å². The number of alkyl halides is 2. The predicted octanol–water partition coefficient (Wildman–Crippen LogP) is 4.70. The quantitative estimate of drug-likeness (QED) is 0.685. The summed E-state index contributed by atoms with van der Waals surface area (Å²) in [4.78, 5) is 23.8. The van der Waals surface area contributed by atoms with Crippen LogP contribution in [0, 0.1) is 5.41 Å². The first-order valence-corrected chi connectivity index (χ1v) is 9.07. The van der Waals surface area contributed by atoms with Gasteiger partial charge in [0.05, 0.1) is 5.69 Å². The number of aromatic nitrogens is 1. The molecular formula is C21H19F2NO5. The second-order valence-corrected chi connectivity index (χ2v) is 8.16. The van der Waals surface area contributed by atoms with Gasteiger partial charge in [0.2, 0.25) is 0 Å². The van der Waals surface area contributed by atoms with Crippen molar-refractivity contribution in [2.45, 2.75) is 39.8 Å². The van der Waals surface area contributed by atoms with Crippen molar-refractivity contribution < 1.29 is 27.8 Å². The molecule has 0 amide bonds. The summed E-state index contributed by atoms with van der Waals surface area (Å²) in [6.45, 7) is 3.04. The lowest BCUT2D eigenvalue weighted by Crippen LogP contribution is -2.32. The molecule has 0 unspecified atom stereocenters. The summed E-state index contributed by atoms with van der Waals surface area (Å²) in [7, 11) is 0. The van der Waals surface area contributed by atoms with E-state index in [1.54, 1.807) is 16.7 Å². The molecule has 1 N–H and O–H groups in total. The summed E-state index contributed by atoms with van der Waals surface area (Å²) >= 11 is 0.